The van der Waals surface area contributed by atoms with Crippen LogP contribution in [0.4, 0.5) is 0 Å². The van der Waals surface area contributed by atoms with Gasteiger partial charge in [0, 0.05) is 7.11 Å². The van der Waals surface area contributed by atoms with E-state index in [0.29, 0.717) is 13.2 Å². The number of methoxy groups -OCH3 is 1. The zero-order valence-corrected chi connectivity index (χ0v) is 14.1. The van der Waals surface area contributed by atoms with Gasteiger partial charge in [-0.05, 0) is 27.7 Å². The number of hydrogen-bond acceptors (Lipinski definition) is 7. The van der Waals surface area contributed by atoms with Gasteiger partial charge in [-0.25, -0.2) is 0 Å². The van der Waals surface area contributed by atoms with Gasteiger partial charge in [-0.3, -0.25) is 4.57 Å². The van der Waals surface area contributed by atoms with Gasteiger partial charge in [-0.15, -0.1) is 0 Å². The minimum absolute atomic E-state index is 0.120. The van der Waals surface area contributed by atoms with Crippen LogP contribution in [0.25, 0.3) is 0 Å². The summed E-state index contributed by atoms with van der Waals surface area (Å²) in [6, 6.07) is 0. The average Bonchev–Trinajstić information content (AvgIpc) is 2.84. The second kappa shape index (κ2) is 6.62. The first kappa shape index (κ1) is 17.3. The summed E-state index contributed by atoms with van der Waals surface area (Å²) >= 11 is 0. The van der Waals surface area contributed by atoms with E-state index in [0.717, 1.165) is 0 Å². The molecule has 0 saturated carbocycles. The zero-order valence-electron chi connectivity index (χ0n) is 13.2. The minimum Gasteiger partial charge on any atom is -0.353 e. The Balaban J connectivity index is 2.10. The maximum Gasteiger partial charge on any atom is 0.333 e. The van der Waals surface area contributed by atoms with Crippen LogP contribution in [-0.4, -0.2) is 56.9 Å². The predicted octanol–water partition coefficient (Wildman–Crippen LogP) is 2.14. The third kappa shape index (κ3) is 3.85. The molecular formula is C13H25O7P. The van der Waals surface area contributed by atoms with E-state index in [1.165, 1.54) is 0 Å². The van der Waals surface area contributed by atoms with Gasteiger partial charge in [0.2, 0.25) is 0 Å². The first-order valence-corrected chi connectivity index (χ1v) is 8.99. The van der Waals surface area contributed by atoms with E-state index < -0.39 is 25.8 Å². The number of rotatable bonds is 7. The molecule has 4 atom stereocenters. The Morgan fingerprint density at radius 1 is 1.10 bits per heavy atom. The molecule has 7 nitrogen and oxygen atoms in total. The molecule has 8 heteroatoms. The van der Waals surface area contributed by atoms with Crippen molar-refractivity contribution in [1.29, 1.82) is 0 Å². The molecule has 0 aromatic carbocycles. The Morgan fingerprint density at radius 2 is 1.67 bits per heavy atom. The van der Waals surface area contributed by atoms with Crippen molar-refractivity contribution >= 4 is 7.60 Å². The lowest BCUT2D eigenvalue weighted by Gasteiger charge is -2.25. The van der Waals surface area contributed by atoms with Gasteiger partial charge >= 0.3 is 7.60 Å². The van der Waals surface area contributed by atoms with Crippen molar-refractivity contribution in [2.75, 3.05) is 26.5 Å². The van der Waals surface area contributed by atoms with Gasteiger partial charge in [-0.2, -0.15) is 0 Å². The van der Waals surface area contributed by atoms with Crippen molar-refractivity contribution in [3.63, 3.8) is 0 Å². The molecule has 0 radical (unpaired) electrons. The SMILES string of the molecule is CCOP(=O)(C[C@H]1O[C@H](OC)[C@H]2OC(C)(C)O[C@H]21)OCC. The summed E-state index contributed by atoms with van der Waals surface area (Å²) in [7, 11) is -1.67. The van der Waals surface area contributed by atoms with Gasteiger partial charge in [0.05, 0.1) is 19.4 Å². The summed E-state index contributed by atoms with van der Waals surface area (Å²) in [6.45, 7) is 7.85. The molecule has 2 aliphatic heterocycles. The van der Waals surface area contributed by atoms with E-state index in [1.54, 1.807) is 21.0 Å². The Morgan fingerprint density at radius 3 is 2.19 bits per heavy atom. The highest BCUT2D eigenvalue weighted by Gasteiger charge is 2.57. The molecule has 124 valence electrons. The minimum atomic E-state index is -3.21. The van der Waals surface area contributed by atoms with Gasteiger partial charge in [0.15, 0.2) is 12.1 Å². The van der Waals surface area contributed by atoms with Crippen molar-refractivity contribution in [1.82, 2.24) is 0 Å². The number of ether oxygens (including phenoxy) is 4. The van der Waals surface area contributed by atoms with Crippen molar-refractivity contribution in [2.24, 2.45) is 0 Å². The Hall–Kier alpha value is -0.0100. The summed E-state index contributed by atoms with van der Waals surface area (Å²) < 4.78 is 46.0. The van der Waals surface area contributed by atoms with Gasteiger partial charge in [0.25, 0.3) is 0 Å². The van der Waals surface area contributed by atoms with E-state index >= 15 is 0 Å². The Kier molecular flexibility index (Phi) is 5.47. The van der Waals surface area contributed by atoms with Crippen molar-refractivity contribution in [3.8, 4) is 0 Å². The summed E-state index contributed by atoms with van der Waals surface area (Å²) in [5.41, 5.74) is 0. The molecule has 0 unspecified atom stereocenters. The largest absolute Gasteiger partial charge is 0.353 e. The highest BCUT2D eigenvalue weighted by atomic mass is 31.2. The molecule has 2 rings (SSSR count). The smallest absolute Gasteiger partial charge is 0.333 e. The van der Waals surface area contributed by atoms with Crippen LogP contribution >= 0.6 is 7.60 Å². The highest BCUT2D eigenvalue weighted by molar-refractivity contribution is 7.53. The molecule has 2 fully saturated rings. The van der Waals surface area contributed by atoms with Crippen LogP contribution in [-0.2, 0) is 32.6 Å². The Bertz CT molecular complexity index is 390. The fraction of sp³-hybridized carbons (Fsp3) is 1.00. The molecule has 0 N–H and O–H groups in total. The fourth-order valence-corrected chi connectivity index (χ4v) is 4.54. The monoisotopic (exact) mass is 324 g/mol. The van der Waals surface area contributed by atoms with Crippen molar-refractivity contribution in [2.45, 2.75) is 58.1 Å². The number of hydrogen-bond donors (Lipinski definition) is 0. The molecule has 0 bridgehead atoms. The fourth-order valence-electron chi connectivity index (χ4n) is 2.74. The van der Waals surface area contributed by atoms with Gasteiger partial charge in [-0.1, -0.05) is 0 Å². The molecule has 2 heterocycles. The maximum absolute atomic E-state index is 12.7. The van der Waals surface area contributed by atoms with E-state index in [1.807, 2.05) is 13.8 Å². The normalized spacial score (nSPS) is 35.1. The number of fused-ring (bicyclic) bond motifs is 1. The molecule has 0 aromatic rings. The molecular weight excluding hydrogens is 299 g/mol. The molecule has 0 amide bonds. The van der Waals surface area contributed by atoms with Crippen molar-refractivity contribution < 1.29 is 32.6 Å². The van der Waals surface area contributed by atoms with Crippen LogP contribution in [0, 0.1) is 0 Å². The topological polar surface area (TPSA) is 72.5 Å². The zero-order chi connectivity index (χ0) is 15.7. The van der Waals surface area contributed by atoms with Crippen LogP contribution in [0.1, 0.15) is 27.7 Å². The van der Waals surface area contributed by atoms with Crippen LogP contribution in [0.15, 0.2) is 0 Å². The van der Waals surface area contributed by atoms with E-state index in [-0.39, 0.29) is 18.4 Å². The molecule has 21 heavy (non-hydrogen) atoms. The second-order valence-corrected chi connectivity index (χ2v) is 7.58. The van der Waals surface area contributed by atoms with Crippen LogP contribution in [0.3, 0.4) is 0 Å². The maximum atomic E-state index is 12.7. The molecule has 0 spiro atoms. The van der Waals surface area contributed by atoms with Crippen LogP contribution < -0.4 is 0 Å². The van der Waals surface area contributed by atoms with Gasteiger partial charge < -0.3 is 28.0 Å². The lowest BCUT2D eigenvalue weighted by molar-refractivity contribution is -0.224. The van der Waals surface area contributed by atoms with E-state index in [2.05, 4.69) is 0 Å². The molecule has 0 aliphatic carbocycles. The van der Waals surface area contributed by atoms with Crippen LogP contribution in [0.2, 0.25) is 0 Å². The van der Waals surface area contributed by atoms with E-state index in [9.17, 15) is 4.57 Å². The first-order valence-electron chi connectivity index (χ1n) is 7.26. The Labute approximate surface area is 125 Å². The quantitative estimate of drug-likeness (QED) is 0.664. The standard InChI is InChI=1S/C13H25O7P/c1-6-16-21(14,17-7-2)8-9-10-11(12(15-5)18-9)20-13(3,4)19-10/h9-12H,6-8H2,1-5H3/t9-,10+,11+,12+/m1/s1. The summed E-state index contributed by atoms with van der Waals surface area (Å²) in [4.78, 5) is 0. The van der Waals surface area contributed by atoms with Crippen molar-refractivity contribution in [3.05, 3.63) is 0 Å². The highest BCUT2D eigenvalue weighted by Crippen LogP contribution is 2.52. The summed E-state index contributed by atoms with van der Waals surface area (Å²) in [5, 5.41) is 0. The summed E-state index contributed by atoms with van der Waals surface area (Å²) in [5.74, 6) is -0.713. The van der Waals surface area contributed by atoms with Gasteiger partial charge in [0.1, 0.15) is 18.3 Å². The average molecular weight is 324 g/mol. The second-order valence-electron chi connectivity index (χ2n) is 5.47. The third-order valence-corrected chi connectivity index (χ3v) is 5.50. The molecule has 2 aliphatic rings. The summed E-state index contributed by atoms with van der Waals surface area (Å²) in [6.07, 6.45) is -1.56. The lowest BCUT2D eigenvalue weighted by Crippen LogP contribution is -2.32. The molecule has 0 aromatic heterocycles. The van der Waals surface area contributed by atoms with Crippen LogP contribution in [0.5, 0.6) is 0 Å². The lowest BCUT2D eigenvalue weighted by atomic mass is 10.2. The first-order chi connectivity index (χ1) is 9.84. The van der Waals surface area contributed by atoms with E-state index in [4.69, 9.17) is 28.0 Å². The molecule has 2 saturated heterocycles. The third-order valence-electron chi connectivity index (χ3n) is 3.39. The predicted molar refractivity (Wildman–Crippen MR) is 75.2 cm³/mol.